The van der Waals surface area contributed by atoms with Crippen LogP contribution in [0.2, 0.25) is 0 Å². The van der Waals surface area contributed by atoms with E-state index in [4.69, 9.17) is 0 Å². The quantitative estimate of drug-likeness (QED) is 0.557. The molecule has 1 aliphatic heterocycles. The Morgan fingerprint density at radius 1 is 1.57 bits per heavy atom. The second-order valence-corrected chi connectivity index (χ2v) is 3.44. The lowest BCUT2D eigenvalue weighted by Gasteiger charge is -2.13. The highest BCUT2D eigenvalue weighted by atomic mass is 19.1. The van der Waals surface area contributed by atoms with Gasteiger partial charge in [0.2, 0.25) is 0 Å². The first-order valence-electron chi connectivity index (χ1n) is 4.56. The Labute approximate surface area is 82.3 Å². The Morgan fingerprint density at radius 3 is 2.86 bits per heavy atom. The number of halogens is 1. The first-order chi connectivity index (χ1) is 6.68. The topological polar surface area (TPSA) is 33.2 Å². The molecular formula is C9H10BFN2O. The highest BCUT2D eigenvalue weighted by molar-refractivity contribution is 6.32. The van der Waals surface area contributed by atoms with Crippen molar-refractivity contribution in [3.8, 4) is 0 Å². The summed E-state index contributed by atoms with van der Waals surface area (Å²) in [7, 11) is 1.92. The van der Waals surface area contributed by atoms with Gasteiger partial charge in [0.25, 0.3) is 5.91 Å². The van der Waals surface area contributed by atoms with Crippen LogP contribution in [0.3, 0.4) is 0 Å². The third-order valence-electron chi connectivity index (χ3n) is 2.31. The molecule has 1 amide bonds. The molecular weight excluding hydrogens is 182 g/mol. The van der Waals surface area contributed by atoms with Crippen LogP contribution in [0.25, 0.3) is 0 Å². The van der Waals surface area contributed by atoms with Crippen LogP contribution in [0.5, 0.6) is 0 Å². The number of aromatic nitrogens is 1. The van der Waals surface area contributed by atoms with Crippen LogP contribution in [-0.2, 0) is 4.79 Å². The van der Waals surface area contributed by atoms with E-state index in [0.29, 0.717) is 12.4 Å². The van der Waals surface area contributed by atoms with Gasteiger partial charge in [-0.1, -0.05) is 11.5 Å². The van der Waals surface area contributed by atoms with E-state index in [0.717, 1.165) is 5.46 Å². The van der Waals surface area contributed by atoms with Gasteiger partial charge in [-0.15, -0.1) is 0 Å². The molecule has 1 aromatic rings. The van der Waals surface area contributed by atoms with Crippen molar-refractivity contribution >= 4 is 25.0 Å². The van der Waals surface area contributed by atoms with Crippen molar-refractivity contribution in [1.82, 2.24) is 4.98 Å². The first-order valence-corrected chi connectivity index (χ1v) is 4.56. The molecule has 1 aromatic heterocycles. The van der Waals surface area contributed by atoms with Crippen molar-refractivity contribution in [3.63, 3.8) is 0 Å². The van der Waals surface area contributed by atoms with Crippen molar-refractivity contribution in [2.45, 2.75) is 12.6 Å². The smallest absolute Gasteiger partial charge is 0.262 e. The number of alkyl halides is 1. The summed E-state index contributed by atoms with van der Waals surface area (Å²) in [6, 6.07) is 3.60. The van der Waals surface area contributed by atoms with Crippen LogP contribution in [0.1, 0.15) is 6.42 Å². The minimum absolute atomic E-state index is 0.272. The van der Waals surface area contributed by atoms with Gasteiger partial charge in [-0.25, -0.2) is 9.37 Å². The molecule has 0 saturated carbocycles. The summed E-state index contributed by atoms with van der Waals surface area (Å²) >= 11 is 0. The fourth-order valence-electron chi connectivity index (χ4n) is 1.49. The summed E-state index contributed by atoms with van der Waals surface area (Å²) in [5.74, 6) is 0.0714. The maximum atomic E-state index is 12.9. The van der Waals surface area contributed by atoms with Crippen LogP contribution in [0.15, 0.2) is 18.3 Å². The van der Waals surface area contributed by atoms with Crippen molar-refractivity contribution in [2.75, 3.05) is 11.4 Å². The van der Waals surface area contributed by atoms with Crippen LogP contribution >= 0.6 is 0 Å². The standard InChI is InChI=1S/C9H10BFN2O/c10-6-1-2-8(12-5-6)13-4-3-7(11)9(13)14/h1-2,5,7H,3-4,10H2. The lowest BCUT2D eigenvalue weighted by atomic mass is 9.99. The number of hydrogen-bond donors (Lipinski definition) is 0. The van der Waals surface area contributed by atoms with Crippen LogP contribution in [0.4, 0.5) is 10.2 Å². The third-order valence-corrected chi connectivity index (χ3v) is 2.31. The number of carbonyl (C=O) groups excluding carboxylic acids is 1. The molecule has 1 aliphatic rings. The predicted octanol–water partition coefficient (Wildman–Crippen LogP) is -0.585. The summed E-state index contributed by atoms with van der Waals surface area (Å²) in [5.41, 5.74) is 1.03. The number of nitrogens with zero attached hydrogens (tertiary/aromatic N) is 2. The number of hydrogen-bond acceptors (Lipinski definition) is 2. The number of amides is 1. The van der Waals surface area contributed by atoms with Crippen LogP contribution in [-0.4, -0.2) is 31.5 Å². The van der Waals surface area contributed by atoms with Gasteiger partial charge in [0, 0.05) is 19.2 Å². The highest BCUT2D eigenvalue weighted by Gasteiger charge is 2.32. The van der Waals surface area contributed by atoms with Crippen molar-refractivity contribution in [3.05, 3.63) is 18.3 Å². The number of pyridine rings is 1. The number of carbonyl (C=O) groups is 1. The lowest BCUT2D eigenvalue weighted by Crippen LogP contribution is -2.28. The van der Waals surface area contributed by atoms with Gasteiger partial charge in [-0.2, -0.15) is 0 Å². The molecule has 2 rings (SSSR count). The summed E-state index contributed by atoms with van der Waals surface area (Å²) < 4.78 is 12.9. The van der Waals surface area contributed by atoms with Gasteiger partial charge < -0.3 is 0 Å². The Balaban J connectivity index is 2.24. The molecule has 14 heavy (non-hydrogen) atoms. The Kier molecular flexibility index (Phi) is 2.23. The Bertz CT molecular complexity index is 354. The Morgan fingerprint density at radius 2 is 2.36 bits per heavy atom. The zero-order valence-electron chi connectivity index (χ0n) is 7.90. The molecule has 72 valence electrons. The zero-order chi connectivity index (χ0) is 10.1. The predicted molar refractivity (Wildman–Crippen MR) is 54.3 cm³/mol. The fourth-order valence-corrected chi connectivity index (χ4v) is 1.49. The summed E-state index contributed by atoms with van der Waals surface area (Å²) in [5, 5.41) is 0. The van der Waals surface area contributed by atoms with E-state index in [1.807, 2.05) is 13.9 Å². The van der Waals surface area contributed by atoms with Gasteiger partial charge in [0.15, 0.2) is 6.17 Å². The number of rotatable bonds is 1. The van der Waals surface area contributed by atoms with Crippen molar-refractivity contribution in [1.29, 1.82) is 0 Å². The molecule has 2 heterocycles. The maximum absolute atomic E-state index is 12.9. The van der Waals surface area contributed by atoms with Gasteiger partial charge in [0.05, 0.1) is 0 Å². The van der Waals surface area contributed by atoms with E-state index < -0.39 is 12.1 Å². The molecule has 0 bridgehead atoms. The molecule has 0 radical (unpaired) electrons. The van der Waals surface area contributed by atoms with Gasteiger partial charge in [-0.3, -0.25) is 9.69 Å². The largest absolute Gasteiger partial charge is 0.294 e. The lowest BCUT2D eigenvalue weighted by molar-refractivity contribution is -0.121. The molecule has 0 N–H and O–H groups in total. The minimum Gasteiger partial charge on any atom is -0.294 e. The Hall–Kier alpha value is -1.39. The van der Waals surface area contributed by atoms with Crippen LogP contribution < -0.4 is 10.4 Å². The fraction of sp³-hybridized carbons (Fsp3) is 0.333. The molecule has 0 spiro atoms. The molecule has 1 atom stereocenters. The highest BCUT2D eigenvalue weighted by Crippen LogP contribution is 2.19. The van der Waals surface area contributed by atoms with Crippen molar-refractivity contribution < 1.29 is 9.18 Å². The van der Waals surface area contributed by atoms with E-state index in [9.17, 15) is 9.18 Å². The summed E-state index contributed by atoms with van der Waals surface area (Å²) in [4.78, 5) is 16.8. The summed E-state index contributed by atoms with van der Waals surface area (Å²) in [6.45, 7) is 0.427. The SMILES string of the molecule is Bc1ccc(N2CCC(F)C2=O)nc1. The maximum Gasteiger partial charge on any atom is 0.262 e. The average Bonchev–Trinajstić information content (AvgIpc) is 2.50. The van der Waals surface area contributed by atoms with E-state index in [1.165, 1.54) is 4.90 Å². The van der Waals surface area contributed by atoms with Gasteiger partial charge in [0.1, 0.15) is 13.7 Å². The van der Waals surface area contributed by atoms with E-state index in [1.54, 1.807) is 12.3 Å². The molecule has 0 aromatic carbocycles. The minimum atomic E-state index is -1.35. The van der Waals surface area contributed by atoms with E-state index >= 15 is 0 Å². The molecule has 1 saturated heterocycles. The molecule has 0 aliphatic carbocycles. The first kappa shape index (κ1) is 9.18. The third kappa shape index (κ3) is 1.50. The van der Waals surface area contributed by atoms with Gasteiger partial charge >= 0.3 is 0 Å². The average molecular weight is 192 g/mol. The monoisotopic (exact) mass is 192 g/mol. The summed E-state index contributed by atoms with van der Waals surface area (Å²) in [6.07, 6.45) is 0.598. The zero-order valence-corrected chi connectivity index (χ0v) is 7.90. The van der Waals surface area contributed by atoms with Crippen molar-refractivity contribution in [2.24, 2.45) is 0 Å². The molecule has 1 fully saturated rings. The van der Waals surface area contributed by atoms with E-state index in [-0.39, 0.29) is 6.42 Å². The second-order valence-electron chi connectivity index (χ2n) is 3.44. The molecule has 3 nitrogen and oxygen atoms in total. The normalized spacial score (nSPS) is 21.6. The second kappa shape index (κ2) is 3.40. The van der Waals surface area contributed by atoms with Gasteiger partial charge in [-0.05, 0) is 6.07 Å². The molecule has 5 heteroatoms. The van der Waals surface area contributed by atoms with Crippen LogP contribution in [0, 0.1) is 0 Å². The number of anilines is 1. The molecule has 1 unspecified atom stereocenters. The van der Waals surface area contributed by atoms with E-state index in [2.05, 4.69) is 4.98 Å².